The van der Waals surface area contributed by atoms with E-state index in [1.54, 1.807) is 11.8 Å². The van der Waals surface area contributed by atoms with Gasteiger partial charge in [0.2, 0.25) is 17.7 Å². The standard InChI is InChI=1S/C22H33N7O6S/c1-9-16-15(10(2)30)20(33)29(16)17(21(34)35)18(9)36-12-5-13(25-6-12)19(32)28-4-3-11(8-28)27-14(31)7-26-22(23)24/h9-13,15-16,25,30H,3-8H2,1-2H3,(H,27,31)(H,34,35)(H4,23,24,26)/t9?,10?,11?,12?,13?,15?,16-/m1/s1. The Balaban J connectivity index is 1.33. The minimum Gasteiger partial charge on any atom is -0.477 e. The zero-order valence-corrected chi connectivity index (χ0v) is 21.0. The van der Waals surface area contributed by atoms with Gasteiger partial charge in [0.1, 0.15) is 12.2 Å². The van der Waals surface area contributed by atoms with E-state index in [1.807, 2.05) is 6.92 Å². The van der Waals surface area contributed by atoms with Crippen molar-refractivity contribution in [3.05, 3.63) is 10.6 Å². The van der Waals surface area contributed by atoms with Crippen LogP contribution in [0.2, 0.25) is 0 Å². The number of fused-ring (bicyclic) bond motifs is 1. The van der Waals surface area contributed by atoms with Crippen molar-refractivity contribution in [2.75, 3.05) is 26.2 Å². The van der Waals surface area contributed by atoms with E-state index in [4.69, 9.17) is 11.5 Å². The summed E-state index contributed by atoms with van der Waals surface area (Å²) in [5, 5.41) is 25.9. The van der Waals surface area contributed by atoms with Crippen LogP contribution >= 0.6 is 11.8 Å². The van der Waals surface area contributed by atoms with Crippen LogP contribution in [0.3, 0.4) is 0 Å². The Morgan fingerprint density at radius 2 is 2.06 bits per heavy atom. The van der Waals surface area contributed by atoms with Crippen molar-refractivity contribution in [1.29, 1.82) is 0 Å². The quantitative estimate of drug-likeness (QED) is 0.113. The third-order valence-electron chi connectivity index (χ3n) is 7.26. The highest BCUT2D eigenvalue weighted by Crippen LogP contribution is 2.51. The van der Waals surface area contributed by atoms with Gasteiger partial charge in [-0.3, -0.25) is 14.4 Å². The lowest BCUT2D eigenvalue weighted by Crippen LogP contribution is -2.63. The Hall–Kier alpha value is -2.84. The second kappa shape index (κ2) is 10.3. The number of hydrogen-bond acceptors (Lipinski definition) is 8. The Morgan fingerprint density at radius 3 is 2.69 bits per heavy atom. The average Bonchev–Trinajstić information content (AvgIpc) is 3.50. The Kier molecular flexibility index (Phi) is 7.48. The molecule has 0 spiro atoms. The number of rotatable bonds is 8. The molecule has 0 aromatic heterocycles. The van der Waals surface area contributed by atoms with Gasteiger partial charge in [-0.1, -0.05) is 6.92 Å². The molecule has 0 radical (unpaired) electrons. The van der Waals surface area contributed by atoms with Crippen LogP contribution in [-0.4, -0.2) is 105 Å². The van der Waals surface area contributed by atoms with Gasteiger partial charge in [-0.05, 0) is 19.8 Å². The molecule has 4 aliphatic rings. The zero-order valence-electron chi connectivity index (χ0n) is 20.2. The van der Waals surface area contributed by atoms with Gasteiger partial charge in [-0.2, -0.15) is 0 Å². The summed E-state index contributed by atoms with van der Waals surface area (Å²) in [4.78, 5) is 56.9. The first kappa shape index (κ1) is 26.2. The highest BCUT2D eigenvalue weighted by molar-refractivity contribution is 8.03. The number of aliphatic hydroxyl groups is 1. The van der Waals surface area contributed by atoms with E-state index in [0.29, 0.717) is 37.4 Å². The lowest BCUT2D eigenvalue weighted by atomic mass is 9.79. The molecular formula is C22H33N7O6S. The summed E-state index contributed by atoms with van der Waals surface area (Å²) < 4.78 is 0. The van der Waals surface area contributed by atoms with Crippen LogP contribution in [-0.2, 0) is 19.2 Å². The number of carbonyl (C=O) groups excluding carboxylic acids is 3. The number of nitrogens with two attached hydrogens (primary N) is 2. The molecule has 0 aromatic carbocycles. The average molecular weight is 524 g/mol. The number of aliphatic hydroxyl groups excluding tert-OH is 1. The smallest absolute Gasteiger partial charge is 0.353 e. The van der Waals surface area contributed by atoms with Crippen molar-refractivity contribution >= 4 is 41.4 Å². The molecule has 4 rings (SSSR count). The van der Waals surface area contributed by atoms with Gasteiger partial charge in [0.25, 0.3) is 0 Å². The van der Waals surface area contributed by atoms with Gasteiger partial charge < -0.3 is 42.1 Å². The van der Waals surface area contributed by atoms with E-state index in [-0.39, 0.29) is 59.2 Å². The molecule has 8 N–H and O–H groups in total. The molecule has 3 amide bonds. The number of likely N-dealkylation sites (tertiary alicyclic amines) is 1. The summed E-state index contributed by atoms with van der Waals surface area (Å²) in [6.07, 6.45) is 0.298. The molecule has 198 valence electrons. The maximum absolute atomic E-state index is 13.1. The van der Waals surface area contributed by atoms with Crippen molar-refractivity contribution in [2.24, 2.45) is 28.3 Å². The molecule has 36 heavy (non-hydrogen) atoms. The van der Waals surface area contributed by atoms with E-state index >= 15 is 0 Å². The van der Waals surface area contributed by atoms with Crippen LogP contribution in [0.5, 0.6) is 0 Å². The fraction of sp³-hybridized carbons (Fsp3) is 0.682. The SMILES string of the molecule is CC(O)C1C(=O)N2C(C(=O)O)=C(SC3CNC(C(=O)N4CCC(NC(=O)CN=C(N)N)C4)C3)C(C)[C@H]12. The van der Waals surface area contributed by atoms with Crippen LogP contribution in [0.25, 0.3) is 0 Å². The molecule has 13 nitrogen and oxygen atoms in total. The maximum Gasteiger partial charge on any atom is 0.353 e. The Morgan fingerprint density at radius 1 is 1.33 bits per heavy atom. The highest BCUT2D eigenvalue weighted by Gasteiger charge is 2.60. The molecule has 6 unspecified atom stereocenters. The Labute approximate surface area is 212 Å². The number of aliphatic imine (C=N–C) groups is 1. The van der Waals surface area contributed by atoms with E-state index < -0.39 is 24.0 Å². The van der Waals surface area contributed by atoms with Gasteiger partial charge in [-0.15, -0.1) is 11.8 Å². The molecule has 14 heteroatoms. The lowest BCUT2D eigenvalue weighted by molar-refractivity contribution is -0.163. The first-order valence-electron chi connectivity index (χ1n) is 12.0. The van der Waals surface area contributed by atoms with Crippen molar-refractivity contribution < 1.29 is 29.4 Å². The number of guanidine groups is 1. The lowest BCUT2D eigenvalue weighted by Gasteiger charge is -2.46. The topological polar surface area (TPSA) is 204 Å². The van der Waals surface area contributed by atoms with Crippen LogP contribution < -0.4 is 22.1 Å². The van der Waals surface area contributed by atoms with Gasteiger partial charge in [-0.25, -0.2) is 9.79 Å². The zero-order chi connectivity index (χ0) is 26.3. The summed E-state index contributed by atoms with van der Waals surface area (Å²) >= 11 is 1.40. The van der Waals surface area contributed by atoms with Crippen molar-refractivity contribution in [1.82, 2.24) is 20.4 Å². The first-order chi connectivity index (χ1) is 17.0. The number of hydrogen-bond donors (Lipinski definition) is 6. The molecule has 0 saturated carbocycles. The molecule has 7 atom stereocenters. The largest absolute Gasteiger partial charge is 0.477 e. The number of nitrogens with one attached hydrogen (secondary N) is 2. The third kappa shape index (κ3) is 4.89. The molecule has 3 saturated heterocycles. The minimum atomic E-state index is -1.16. The summed E-state index contributed by atoms with van der Waals surface area (Å²) in [5.41, 5.74) is 10.5. The fourth-order valence-electron chi connectivity index (χ4n) is 5.57. The summed E-state index contributed by atoms with van der Waals surface area (Å²) in [6.45, 7) is 4.71. The van der Waals surface area contributed by atoms with Gasteiger partial charge in [0.15, 0.2) is 5.96 Å². The molecule has 4 aliphatic heterocycles. The number of thioether (sulfide) groups is 1. The number of amides is 3. The van der Waals surface area contributed by atoms with E-state index in [1.165, 1.54) is 16.7 Å². The van der Waals surface area contributed by atoms with Crippen LogP contribution in [0.15, 0.2) is 15.6 Å². The second-order valence-corrected chi connectivity index (χ2v) is 11.1. The Bertz CT molecular complexity index is 1010. The van der Waals surface area contributed by atoms with E-state index in [0.717, 1.165) is 0 Å². The van der Waals surface area contributed by atoms with Crippen LogP contribution in [0.4, 0.5) is 0 Å². The van der Waals surface area contributed by atoms with E-state index in [9.17, 15) is 29.4 Å². The van der Waals surface area contributed by atoms with Crippen molar-refractivity contribution in [3.63, 3.8) is 0 Å². The van der Waals surface area contributed by atoms with Crippen molar-refractivity contribution in [2.45, 2.75) is 56.2 Å². The number of carbonyl (C=O) groups is 4. The molecule has 4 heterocycles. The number of carboxylic acid groups (broad SMARTS) is 1. The predicted molar refractivity (Wildman–Crippen MR) is 131 cm³/mol. The summed E-state index contributed by atoms with van der Waals surface area (Å²) in [7, 11) is 0. The minimum absolute atomic E-state index is 0.00645. The molecule has 0 bridgehead atoms. The monoisotopic (exact) mass is 523 g/mol. The number of β-lactam (4-membered cyclic amide) rings is 1. The van der Waals surface area contributed by atoms with Crippen molar-refractivity contribution in [3.8, 4) is 0 Å². The number of aliphatic carboxylic acids is 1. The normalized spacial score (nSPS) is 32.2. The summed E-state index contributed by atoms with van der Waals surface area (Å²) in [5.74, 6) is -2.87. The van der Waals surface area contributed by atoms with Crippen LogP contribution in [0.1, 0.15) is 26.7 Å². The van der Waals surface area contributed by atoms with Crippen LogP contribution in [0, 0.1) is 11.8 Å². The molecule has 3 fully saturated rings. The highest BCUT2D eigenvalue weighted by atomic mass is 32.2. The maximum atomic E-state index is 13.1. The molecule has 0 aliphatic carbocycles. The number of carboxylic acids is 1. The second-order valence-electron chi connectivity index (χ2n) is 9.79. The van der Waals surface area contributed by atoms with Gasteiger partial charge >= 0.3 is 5.97 Å². The summed E-state index contributed by atoms with van der Waals surface area (Å²) in [6, 6.07) is -0.941. The third-order valence-corrected chi connectivity index (χ3v) is 8.78. The first-order valence-corrected chi connectivity index (χ1v) is 12.9. The van der Waals surface area contributed by atoms with Gasteiger partial charge in [0.05, 0.1) is 24.1 Å². The molecular weight excluding hydrogens is 490 g/mol. The number of nitrogens with zero attached hydrogens (tertiary/aromatic N) is 3. The van der Waals surface area contributed by atoms with E-state index in [2.05, 4.69) is 15.6 Å². The predicted octanol–water partition coefficient (Wildman–Crippen LogP) is -2.41. The fourth-order valence-corrected chi connectivity index (χ4v) is 7.05. The van der Waals surface area contributed by atoms with Gasteiger partial charge in [0, 0.05) is 41.7 Å². The molecule has 0 aromatic rings.